The maximum Gasteiger partial charge on any atom is 0.335 e. The van der Waals surface area contributed by atoms with Gasteiger partial charge in [0.1, 0.15) is 5.75 Å². The van der Waals surface area contributed by atoms with E-state index in [0.29, 0.717) is 51.5 Å². The minimum absolute atomic E-state index is 0.188. The molecule has 36 heavy (non-hydrogen) atoms. The molecule has 1 aromatic heterocycles. The Balaban J connectivity index is 1.60. The second-order valence-corrected chi connectivity index (χ2v) is 8.41. The van der Waals surface area contributed by atoms with Gasteiger partial charge < -0.3 is 15.2 Å². The molecule has 0 saturated carbocycles. The molecule has 2 heterocycles. The molecule has 0 amide bonds. The number of rotatable bonds is 6. The lowest BCUT2D eigenvalue weighted by Gasteiger charge is -2.15. The van der Waals surface area contributed by atoms with Gasteiger partial charge in [-0.05, 0) is 48.5 Å². The van der Waals surface area contributed by atoms with Crippen molar-refractivity contribution in [1.29, 1.82) is 0 Å². The van der Waals surface area contributed by atoms with Gasteiger partial charge in [0.15, 0.2) is 6.29 Å². The predicted molar refractivity (Wildman–Crippen MR) is 137 cm³/mol. The Morgan fingerprint density at radius 1 is 1.08 bits per heavy atom. The van der Waals surface area contributed by atoms with Gasteiger partial charge in [0, 0.05) is 39.2 Å². The molecule has 2 N–H and O–H groups in total. The average molecular weight is 499 g/mol. The van der Waals surface area contributed by atoms with Crippen molar-refractivity contribution in [3.05, 3.63) is 99.7 Å². The normalized spacial score (nSPS) is 12.0. The summed E-state index contributed by atoms with van der Waals surface area (Å²) in [5.74, 6) is -0.215. The van der Waals surface area contributed by atoms with Crippen LogP contribution in [0.25, 0.3) is 11.3 Å². The number of carboxylic acids is 1. The highest BCUT2D eigenvalue weighted by Gasteiger charge is 2.24. The number of anilines is 2. The summed E-state index contributed by atoms with van der Waals surface area (Å²) in [5, 5.41) is 12.8. The molecule has 0 fully saturated rings. The largest absolute Gasteiger partial charge is 0.495 e. The SMILES string of the molecule is COc1c(C=O)cccc1C1=NCc2cnc(Nc3ccc(C(=O)O)cc3)nc2-c2ccc(Cl)cc21. The van der Waals surface area contributed by atoms with Gasteiger partial charge in [0.25, 0.3) is 0 Å². The lowest BCUT2D eigenvalue weighted by atomic mass is 9.94. The Kier molecular flexibility index (Phi) is 6.18. The zero-order valence-electron chi connectivity index (χ0n) is 19.0. The fourth-order valence-electron chi connectivity index (χ4n) is 4.10. The minimum Gasteiger partial charge on any atom is -0.495 e. The number of carbonyl (C=O) groups excluding carboxylic acids is 1. The molecule has 1 aliphatic heterocycles. The maximum absolute atomic E-state index is 11.6. The first kappa shape index (κ1) is 23.2. The number of aldehydes is 1. The van der Waals surface area contributed by atoms with Crippen LogP contribution in [-0.4, -0.2) is 40.2 Å². The molecule has 1 aliphatic rings. The fraction of sp³-hybridized carbons (Fsp3) is 0.0741. The van der Waals surface area contributed by atoms with Crippen LogP contribution in [0, 0.1) is 0 Å². The van der Waals surface area contributed by atoms with Crippen molar-refractivity contribution in [3.63, 3.8) is 0 Å². The van der Waals surface area contributed by atoms with Gasteiger partial charge in [-0.2, -0.15) is 0 Å². The summed E-state index contributed by atoms with van der Waals surface area (Å²) in [4.78, 5) is 36.8. The number of carboxylic acid groups (broad SMARTS) is 1. The first-order valence-corrected chi connectivity index (χ1v) is 11.3. The van der Waals surface area contributed by atoms with Gasteiger partial charge in [0.05, 0.1) is 36.2 Å². The van der Waals surface area contributed by atoms with Gasteiger partial charge in [-0.3, -0.25) is 9.79 Å². The number of nitrogens with one attached hydrogen (secondary N) is 1. The summed E-state index contributed by atoms with van der Waals surface area (Å²) in [7, 11) is 1.52. The third kappa shape index (κ3) is 4.30. The van der Waals surface area contributed by atoms with Crippen LogP contribution in [0.2, 0.25) is 5.02 Å². The van der Waals surface area contributed by atoms with Crippen LogP contribution in [0.15, 0.2) is 71.9 Å². The van der Waals surface area contributed by atoms with Crippen molar-refractivity contribution in [1.82, 2.24) is 9.97 Å². The molecule has 0 aliphatic carbocycles. The van der Waals surface area contributed by atoms with E-state index in [1.165, 1.54) is 19.2 Å². The van der Waals surface area contributed by atoms with E-state index < -0.39 is 5.97 Å². The molecule has 9 heteroatoms. The highest BCUT2D eigenvalue weighted by Crippen LogP contribution is 2.36. The summed E-state index contributed by atoms with van der Waals surface area (Å²) in [5.41, 5.74) is 5.60. The number of hydrogen-bond acceptors (Lipinski definition) is 7. The van der Waals surface area contributed by atoms with Crippen LogP contribution >= 0.6 is 11.6 Å². The number of aromatic nitrogens is 2. The van der Waals surface area contributed by atoms with Crippen molar-refractivity contribution < 1.29 is 19.4 Å². The van der Waals surface area contributed by atoms with Crippen LogP contribution < -0.4 is 10.1 Å². The van der Waals surface area contributed by atoms with Crippen molar-refractivity contribution in [2.24, 2.45) is 4.99 Å². The molecule has 0 saturated heterocycles. The quantitative estimate of drug-likeness (QED) is 0.341. The first-order chi connectivity index (χ1) is 17.5. The highest BCUT2D eigenvalue weighted by molar-refractivity contribution is 6.31. The van der Waals surface area contributed by atoms with Crippen LogP contribution in [-0.2, 0) is 6.54 Å². The number of carbonyl (C=O) groups is 2. The van der Waals surface area contributed by atoms with E-state index in [-0.39, 0.29) is 5.56 Å². The van der Waals surface area contributed by atoms with E-state index in [1.54, 1.807) is 36.5 Å². The average Bonchev–Trinajstić information content (AvgIpc) is 3.04. The zero-order valence-corrected chi connectivity index (χ0v) is 19.8. The number of nitrogens with zero attached hydrogens (tertiary/aromatic N) is 3. The molecule has 4 aromatic rings. The summed E-state index contributed by atoms with van der Waals surface area (Å²) >= 11 is 6.39. The van der Waals surface area contributed by atoms with Crippen LogP contribution in [0.1, 0.15) is 37.4 Å². The second-order valence-electron chi connectivity index (χ2n) is 7.98. The molecule has 0 atom stereocenters. The highest BCUT2D eigenvalue weighted by atomic mass is 35.5. The standard InChI is InChI=1S/C27H19ClN4O4/c1-36-25-16(14-33)3-2-4-21(25)24-22-11-18(28)7-10-20(22)23-17(12-29-24)13-30-27(32-23)31-19-8-5-15(6-9-19)26(34)35/h2-11,13-14H,12H2,1H3,(H,34,35)(H,30,31,32). The molecule has 0 unspecified atom stereocenters. The van der Waals surface area contributed by atoms with Crippen molar-refractivity contribution in [2.75, 3.05) is 12.4 Å². The zero-order chi connectivity index (χ0) is 25.2. The Bertz CT molecular complexity index is 1530. The number of aromatic carboxylic acids is 1. The molecular weight excluding hydrogens is 480 g/mol. The van der Waals surface area contributed by atoms with E-state index in [1.807, 2.05) is 18.2 Å². The van der Waals surface area contributed by atoms with E-state index in [9.17, 15) is 9.59 Å². The maximum atomic E-state index is 11.6. The van der Waals surface area contributed by atoms with Gasteiger partial charge in [0.2, 0.25) is 5.95 Å². The topological polar surface area (TPSA) is 114 Å². The number of aliphatic imine (C=N–C) groups is 1. The number of fused-ring (bicyclic) bond motifs is 3. The smallest absolute Gasteiger partial charge is 0.335 e. The summed E-state index contributed by atoms with van der Waals surface area (Å²) in [6.07, 6.45) is 2.46. The lowest BCUT2D eigenvalue weighted by Crippen LogP contribution is -2.08. The first-order valence-electron chi connectivity index (χ1n) is 10.9. The molecule has 8 nitrogen and oxygen atoms in total. The monoisotopic (exact) mass is 498 g/mol. The second kappa shape index (κ2) is 9.59. The molecule has 178 valence electrons. The number of halogens is 1. The van der Waals surface area contributed by atoms with Gasteiger partial charge in [-0.15, -0.1) is 0 Å². The van der Waals surface area contributed by atoms with Gasteiger partial charge >= 0.3 is 5.97 Å². The van der Waals surface area contributed by atoms with Crippen molar-refractivity contribution in [2.45, 2.75) is 6.54 Å². The van der Waals surface area contributed by atoms with E-state index >= 15 is 0 Å². The minimum atomic E-state index is -0.996. The fourth-order valence-corrected chi connectivity index (χ4v) is 4.27. The molecule has 0 bridgehead atoms. The third-order valence-electron chi connectivity index (χ3n) is 5.78. The van der Waals surface area contributed by atoms with E-state index in [4.69, 9.17) is 31.4 Å². The van der Waals surface area contributed by atoms with Crippen molar-refractivity contribution in [3.8, 4) is 17.0 Å². The van der Waals surface area contributed by atoms with E-state index in [2.05, 4.69) is 10.3 Å². The molecule has 0 spiro atoms. The summed E-state index contributed by atoms with van der Waals surface area (Å²) in [6, 6.07) is 17.1. The van der Waals surface area contributed by atoms with Crippen LogP contribution in [0.3, 0.4) is 0 Å². The van der Waals surface area contributed by atoms with Crippen molar-refractivity contribution >= 4 is 41.2 Å². The summed E-state index contributed by atoms with van der Waals surface area (Å²) in [6.45, 7) is 0.305. The Hall–Kier alpha value is -4.56. The van der Waals surface area contributed by atoms with E-state index in [0.717, 1.165) is 23.0 Å². The number of hydrogen-bond donors (Lipinski definition) is 2. The number of ether oxygens (including phenoxy) is 1. The number of benzene rings is 3. The van der Waals surface area contributed by atoms with Crippen LogP contribution in [0.4, 0.5) is 11.6 Å². The molecule has 5 rings (SSSR count). The van der Waals surface area contributed by atoms with Gasteiger partial charge in [-0.1, -0.05) is 23.7 Å². The summed E-state index contributed by atoms with van der Waals surface area (Å²) < 4.78 is 5.57. The number of methoxy groups -OCH3 is 1. The number of para-hydroxylation sites is 1. The lowest BCUT2D eigenvalue weighted by molar-refractivity contribution is 0.0696. The molecule has 0 radical (unpaired) electrons. The Morgan fingerprint density at radius 2 is 1.89 bits per heavy atom. The molecule has 3 aromatic carbocycles. The predicted octanol–water partition coefficient (Wildman–Crippen LogP) is 5.41. The third-order valence-corrected chi connectivity index (χ3v) is 6.02. The Morgan fingerprint density at radius 3 is 2.61 bits per heavy atom. The van der Waals surface area contributed by atoms with Crippen LogP contribution in [0.5, 0.6) is 5.75 Å². The van der Waals surface area contributed by atoms with Gasteiger partial charge in [-0.25, -0.2) is 14.8 Å². The molecular formula is C27H19ClN4O4. The Labute approximate surface area is 211 Å².